The third-order valence-electron chi connectivity index (χ3n) is 5.11. The molecule has 2 aliphatic rings. The molecule has 6 heteroatoms. The first-order valence-electron chi connectivity index (χ1n) is 9.13. The molecule has 0 spiro atoms. The number of rotatable bonds is 4. The van der Waals surface area contributed by atoms with E-state index in [2.05, 4.69) is 22.2 Å². The summed E-state index contributed by atoms with van der Waals surface area (Å²) in [7, 11) is 0. The summed E-state index contributed by atoms with van der Waals surface area (Å²) in [5.74, 6) is 0.593. The van der Waals surface area contributed by atoms with Crippen LogP contribution >= 0.6 is 0 Å². The predicted octanol–water partition coefficient (Wildman–Crippen LogP) is 2.95. The molecule has 0 saturated carbocycles. The zero-order chi connectivity index (χ0) is 17.2. The zero-order valence-corrected chi connectivity index (χ0v) is 14.6. The molecule has 0 N–H and O–H groups in total. The van der Waals surface area contributed by atoms with Gasteiger partial charge in [-0.05, 0) is 57.8 Å². The van der Waals surface area contributed by atoms with Crippen LogP contribution in [0.25, 0.3) is 0 Å². The van der Waals surface area contributed by atoms with Gasteiger partial charge >= 0.3 is 0 Å². The third-order valence-corrected chi connectivity index (χ3v) is 5.11. The summed E-state index contributed by atoms with van der Waals surface area (Å²) < 4.78 is 5.06. The summed E-state index contributed by atoms with van der Waals surface area (Å²) in [5.41, 5.74) is 2.47. The Morgan fingerprint density at radius 2 is 2.08 bits per heavy atom. The first kappa shape index (κ1) is 16.3. The van der Waals surface area contributed by atoms with Gasteiger partial charge in [0.15, 0.2) is 5.69 Å². The van der Waals surface area contributed by atoms with Crippen LogP contribution in [-0.2, 0) is 6.54 Å². The van der Waals surface area contributed by atoms with Crippen molar-refractivity contribution in [2.75, 3.05) is 19.6 Å². The fourth-order valence-corrected chi connectivity index (χ4v) is 3.87. The largest absolute Gasteiger partial charge is 0.361 e. The number of carbonyl (C=O) groups excluding carboxylic acids is 1. The molecule has 4 rings (SSSR count). The van der Waals surface area contributed by atoms with Crippen LogP contribution < -0.4 is 0 Å². The molecule has 2 aliphatic heterocycles. The topological polar surface area (TPSA) is 62.5 Å². The van der Waals surface area contributed by atoms with Crippen LogP contribution in [0.15, 0.2) is 28.8 Å². The number of hydrogen-bond donors (Lipinski definition) is 0. The Morgan fingerprint density at radius 3 is 2.84 bits per heavy atom. The predicted molar refractivity (Wildman–Crippen MR) is 93.0 cm³/mol. The standard InChI is InChI=1S/C19H24N4O2/c1-14-12-17(21-25-14)19(24)23-11-5-8-18(23)16-7-4-6-15(20-16)13-22-9-2-3-10-22/h4,6-7,12,18H,2-3,5,8-11,13H2,1H3/t18-/m0/s1. The Hall–Kier alpha value is -2.21. The van der Waals surface area contributed by atoms with E-state index in [0.29, 0.717) is 11.5 Å². The van der Waals surface area contributed by atoms with Crippen molar-refractivity contribution >= 4 is 5.91 Å². The maximum Gasteiger partial charge on any atom is 0.276 e. The Labute approximate surface area is 147 Å². The van der Waals surface area contributed by atoms with Crippen molar-refractivity contribution in [1.82, 2.24) is 19.9 Å². The summed E-state index contributed by atoms with van der Waals surface area (Å²) >= 11 is 0. The molecule has 2 aromatic rings. The number of hydrogen-bond acceptors (Lipinski definition) is 5. The van der Waals surface area contributed by atoms with E-state index >= 15 is 0 Å². The van der Waals surface area contributed by atoms with Crippen LogP contribution in [0.3, 0.4) is 0 Å². The van der Waals surface area contributed by atoms with Gasteiger partial charge in [0.25, 0.3) is 5.91 Å². The highest BCUT2D eigenvalue weighted by Crippen LogP contribution is 2.32. The van der Waals surface area contributed by atoms with Crippen LogP contribution in [0, 0.1) is 6.92 Å². The first-order valence-corrected chi connectivity index (χ1v) is 9.13. The number of amides is 1. The molecule has 25 heavy (non-hydrogen) atoms. The van der Waals surface area contributed by atoms with Crippen molar-refractivity contribution in [1.29, 1.82) is 0 Å². The summed E-state index contributed by atoms with van der Waals surface area (Å²) in [6, 6.07) is 7.93. The molecule has 2 fully saturated rings. The lowest BCUT2D eigenvalue weighted by atomic mass is 10.1. The molecule has 4 heterocycles. The molecule has 0 unspecified atom stereocenters. The molecule has 1 amide bonds. The zero-order valence-electron chi connectivity index (χ0n) is 14.6. The highest BCUT2D eigenvalue weighted by molar-refractivity contribution is 5.92. The Morgan fingerprint density at radius 1 is 1.24 bits per heavy atom. The highest BCUT2D eigenvalue weighted by Gasteiger charge is 2.33. The number of carbonyl (C=O) groups is 1. The van der Waals surface area contributed by atoms with E-state index in [-0.39, 0.29) is 11.9 Å². The van der Waals surface area contributed by atoms with Crippen molar-refractivity contribution in [3.8, 4) is 0 Å². The van der Waals surface area contributed by atoms with E-state index in [9.17, 15) is 4.79 Å². The summed E-state index contributed by atoms with van der Waals surface area (Å²) in [4.78, 5) is 22.0. The second kappa shape index (κ2) is 6.96. The average molecular weight is 340 g/mol. The van der Waals surface area contributed by atoms with Crippen LogP contribution in [-0.4, -0.2) is 45.5 Å². The normalized spacial score (nSPS) is 21.2. The van der Waals surface area contributed by atoms with Crippen molar-refractivity contribution in [2.45, 2.75) is 45.2 Å². The molecule has 132 valence electrons. The van der Waals surface area contributed by atoms with E-state index in [4.69, 9.17) is 9.51 Å². The van der Waals surface area contributed by atoms with Gasteiger partial charge in [-0.1, -0.05) is 11.2 Å². The summed E-state index contributed by atoms with van der Waals surface area (Å²) in [6.45, 7) is 5.76. The molecular formula is C19H24N4O2. The Bertz CT molecular complexity index is 751. The molecule has 2 saturated heterocycles. The molecule has 0 radical (unpaired) electrons. The van der Waals surface area contributed by atoms with Gasteiger partial charge in [-0.25, -0.2) is 0 Å². The number of aromatic nitrogens is 2. The van der Waals surface area contributed by atoms with Crippen LogP contribution in [0.4, 0.5) is 0 Å². The van der Waals surface area contributed by atoms with Crippen molar-refractivity contribution in [3.63, 3.8) is 0 Å². The second-order valence-electron chi connectivity index (χ2n) is 7.02. The molecule has 0 aliphatic carbocycles. The van der Waals surface area contributed by atoms with Gasteiger partial charge in [-0.2, -0.15) is 0 Å². The minimum atomic E-state index is -0.0638. The highest BCUT2D eigenvalue weighted by atomic mass is 16.5. The number of likely N-dealkylation sites (tertiary alicyclic amines) is 2. The van der Waals surface area contributed by atoms with Gasteiger partial charge < -0.3 is 9.42 Å². The van der Waals surface area contributed by atoms with E-state index < -0.39 is 0 Å². The quantitative estimate of drug-likeness (QED) is 0.856. The fraction of sp³-hybridized carbons (Fsp3) is 0.526. The van der Waals surface area contributed by atoms with Crippen LogP contribution in [0.2, 0.25) is 0 Å². The smallest absolute Gasteiger partial charge is 0.276 e. The summed E-state index contributed by atoms with van der Waals surface area (Å²) in [5, 5.41) is 3.88. The Balaban J connectivity index is 1.52. The summed E-state index contributed by atoms with van der Waals surface area (Å²) in [6.07, 6.45) is 4.50. The maximum absolute atomic E-state index is 12.8. The number of aryl methyl sites for hydroxylation is 1. The maximum atomic E-state index is 12.8. The van der Waals surface area contributed by atoms with Crippen molar-refractivity contribution in [2.24, 2.45) is 0 Å². The van der Waals surface area contributed by atoms with E-state index in [1.54, 1.807) is 13.0 Å². The SMILES string of the molecule is Cc1cc(C(=O)N2CCC[C@H]2c2cccc(CN3CCCC3)n2)no1. The van der Waals surface area contributed by atoms with E-state index in [1.807, 2.05) is 11.0 Å². The average Bonchev–Trinajstić information content (AvgIpc) is 3.36. The molecule has 2 aromatic heterocycles. The minimum Gasteiger partial charge on any atom is -0.361 e. The van der Waals surface area contributed by atoms with Gasteiger partial charge in [0, 0.05) is 19.2 Å². The molecule has 0 bridgehead atoms. The van der Waals surface area contributed by atoms with Crippen LogP contribution in [0.5, 0.6) is 0 Å². The lowest BCUT2D eigenvalue weighted by Crippen LogP contribution is -2.31. The number of pyridine rings is 1. The van der Waals surface area contributed by atoms with Gasteiger partial charge in [0.05, 0.1) is 17.4 Å². The molecule has 1 atom stereocenters. The van der Waals surface area contributed by atoms with E-state index in [1.165, 1.54) is 12.8 Å². The first-order chi connectivity index (χ1) is 12.2. The van der Waals surface area contributed by atoms with Crippen molar-refractivity contribution < 1.29 is 9.32 Å². The molecule has 6 nitrogen and oxygen atoms in total. The van der Waals surface area contributed by atoms with Gasteiger partial charge in [-0.3, -0.25) is 14.7 Å². The van der Waals surface area contributed by atoms with Crippen molar-refractivity contribution in [3.05, 3.63) is 47.1 Å². The second-order valence-corrected chi connectivity index (χ2v) is 7.02. The lowest BCUT2D eigenvalue weighted by Gasteiger charge is -2.24. The van der Waals surface area contributed by atoms with Gasteiger partial charge in [0.2, 0.25) is 0 Å². The van der Waals surface area contributed by atoms with Crippen LogP contribution in [0.1, 0.15) is 59.4 Å². The monoisotopic (exact) mass is 340 g/mol. The molecule has 0 aromatic carbocycles. The number of nitrogens with zero attached hydrogens (tertiary/aromatic N) is 4. The van der Waals surface area contributed by atoms with Gasteiger partial charge in [-0.15, -0.1) is 0 Å². The van der Waals surface area contributed by atoms with E-state index in [0.717, 1.165) is 50.4 Å². The lowest BCUT2D eigenvalue weighted by molar-refractivity contribution is 0.0722. The third kappa shape index (κ3) is 3.44. The Kier molecular flexibility index (Phi) is 4.53. The van der Waals surface area contributed by atoms with Gasteiger partial charge in [0.1, 0.15) is 5.76 Å². The molecular weight excluding hydrogens is 316 g/mol. The fourth-order valence-electron chi connectivity index (χ4n) is 3.87. The minimum absolute atomic E-state index is 0.0306.